The molecule has 1 saturated carbocycles. The van der Waals surface area contributed by atoms with E-state index in [1.165, 1.54) is 43.0 Å². The molecule has 0 saturated heterocycles. The Morgan fingerprint density at radius 3 is 2.36 bits per heavy atom. The Bertz CT molecular complexity index is 1600. The fourth-order valence-electron chi connectivity index (χ4n) is 4.80. The van der Waals surface area contributed by atoms with E-state index in [9.17, 15) is 26.7 Å². The van der Waals surface area contributed by atoms with Crippen LogP contribution in [0.2, 0.25) is 5.02 Å². The van der Waals surface area contributed by atoms with E-state index >= 15 is 0 Å². The van der Waals surface area contributed by atoms with Gasteiger partial charge in [-0.05, 0) is 25.7 Å². The highest BCUT2D eigenvalue weighted by molar-refractivity contribution is 6.32. The van der Waals surface area contributed by atoms with Gasteiger partial charge in [0.15, 0.2) is 5.82 Å². The molecule has 0 atom stereocenters. The molecule has 3 N–H and O–H groups in total. The van der Waals surface area contributed by atoms with Gasteiger partial charge in [0, 0.05) is 42.4 Å². The number of rotatable bonds is 9. The van der Waals surface area contributed by atoms with Crippen LogP contribution in [-0.4, -0.2) is 78.3 Å². The van der Waals surface area contributed by atoms with E-state index in [2.05, 4.69) is 50.7 Å². The summed E-state index contributed by atoms with van der Waals surface area (Å²) >= 11 is 6.01. The Morgan fingerprint density at radius 2 is 1.78 bits per heavy atom. The number of carbonyl (C=O) groups excluding carboxylic acids is 1. The maximum absolute atomic E-state index is 13.6. The van der Waals surface area contributed by atoms with Crippen LogP contribution in [0.4, 0.5) is 38.5 Å². The number of anilines is 2. The van der Waals surface area contributed by atoms with Gasteiger partial charge in [-0.3, -0.25) is 15.0 Å². The number of aromatic amines is 1. The molecule has 4 heterocycles. The van der Waals surface area contributed by atoms with E-state index in [1.807, 2.05) is 0 Å². The molecule has 0 aromatic carbocycles. The van der Waals surface area contributed by atoms with Crippen molar-refractivity contribution >= 4 is 29.4 Å². The van der Waals surface area contributed by atoms with E-state index in [4.69, 9.17) is 16.3 Å². The van der Waals surface area contributed by atoms with Crippen molar-refractivity contribution in [1.29, 1.82) is 0 Å². The molecule has 0 aliphatic heterocycles. The number of urea groups is 1. The molecule has 1 aliphatic rings. The lowest BCUT2D eigenvalue weighted by molar-refractivity contribution is -0.137. The fourth-order valence-corrected chi connectivity index (χ4v) is 4.98. The maximum atomic E-state index is 13.6. The molecule has 13 nitrogen and oxygen atoms in total. The average molecular weight is 654 g/mol. The summed E-state index contributed by atoms with van der Waals surface area (Å²) in [7, 11) is 1.43. The summed E-state index contributed by atoms with van der Waals surface area (Å²) in [5.74, 6) is 0.0824. The number of methoxy groups -OCH3 is 1. The minimum absolute atomic E-state index is 0.0377. The molecule has 2 amide bonds. The Balaban J connectivity index is 1.31. The zero-order valence-electron chi connectivity index (χ0n) is 23.4. The standard InChI is InChI=1S/C26H25ClF5N11O2/c1-45-24-36-6-13(7-37-24)18-10-34-20(12-33-18)43(25(44)38-11-19(28)29)15-4-2-14(3-5-15)40-23-35-8-16(26(30,31)32)21(41-23)22-17(27)9-39-42-22/h6-10,12,14-15,19H,2-5,11H2,1H3,(H,38,44)(H,39,42)(H,35,40,41)/t14-,15-. The number of nitrogens with zero attached hydrogens (tertiary/aromatic N) is 8. The second-order valence-electron chi connectivity index (χ2n) is 9.85. The third kappa shape index (κ3) is 7.50. The molecule has 1 fully saturated rings. The van der Waals surface area contributed by atoms with E-state index < -0.39 is 42.5 Å². The second kappa shape index (κ2) is 13.5. The topological polar surface area (TPSA) is 160 Å². The van der Waals surface area contributed by atoms with Gasteiger partial charge >= 0.3 is 18.2 Å². The lowest BCUT2D eigenvalue weighted by Gasteiger charge is -2.36. The van der Waals surface area contributed by atoms with Gasteiger partial charge in [0.25, 0.3) is 6.43 Å². The first-order valence-corrected chi connectivity index (χ1v) is 13.8. The molecule has 19 heteroatoms. The van der Waals surface area contributed by atoms with Crippen molar-refractivity contribution in [3.05, 3.63) is 47.8 Å². The number of hydrogen-bond donors (Lipinski definition) is 3. The lowest BCUT2D eigenvalue weighted by Crippen LogP contribution is -2.50. The van der Waals surface area contributed by atoms with Crippen LogP contribution < -0.4 is 20.3 Å². The summed E-state index contributed by atoms with van der Waals surface area (Å²) in [6, 6.07) is -1.32. The third-order valence-electron chi connectivity index (χ3n) is 6.93. The van der Waals surface area contributed by atoms with Crippen LogP contribution in [0.5, 0.6) is 6.01 Å². The molecule has 0 bridgehead atoms. The highest BCUT2D eigenvalue weighted by Gasteiger charge is 2.37. The van der Waals surface area contributed by atoms with Crippen LogP contribution in [0.15, 0.2) is 37.2 Å². The molecule has 5 rings (SSSR count). The number of H-pyrrole nitrogens is 1. The van der Waals surface area contributed by atoms with Gasteiger partial charge < -0.3 is 15.4 Å². The zero-order valence-corrected chi connectivity index (χ0v) is 24.1. The van der Waals surface area contributed by atoms with Crippen molar-refractivity contribution in [2.75, 3.05) is 23.9 Å². The van der Waals surface area contributed by atoms with Gasteiger partial charge in [0.05, 0.1) is 36.8 Å². The minimum Gasteiger partial charge on any atom is -0.467 e. The normalized spacial score (nSPS) is 16.8. The number of aromatic nitrogens is 8. The van der Waals surface area contributed by atoms with Crippen LogP contribution in [0, 0.1) is 0 Å². The van der Waals surface area contributed by atoms with Crippen molar-refractivity contribution in [2.45, 2.75) is 50.4 Å². The number of ether oxygens (including phenoxy) is 1. The molecule has 0 radical (unpaired) electrons. The number of halogens is 6. The summed E-state index contributed by atoms with van der Waals surface area (Å²) < 4.78 is 71.7. The van der Waals surface area contributed by atoms with Gasteiger partial charge in [-0.2, -0.15) is 18.3 Å². The Labute approximate surface area is 257 Å². The monoisotopic (exact) mass is 653 g/mol. The highest BCUT2D eigenvalue weighted by atomic mass is 35.5. The minimum atomic E-state index is -4.74. The Hall–Kier alpha value is -4.74. The van der Waals surface area contributed by atoms with Gasteiger partial charge in [0.2, 0.25) is 5.95 Å². The van der Waals surface area contributed by atoms with E-state index in [1.54, 1.807) is 0 Å². The summed E-state index contributed by atoms with van der Waals surface area (Å²) in [4.78, 5) is 39.0. The first kappa shape index (κ1) is 31.7. The summed E-state index contributed by atoms with van der Waals surface area (Å²) in [6.07, 6.45) is 1.82. The molecule has 45 heavy (non-hydrogen) atoms. The molecular formula is C26H25ClF5N11O2. The van der Waals surface area contributed by atoms with Crippen LogP contribution in [0.25, 0.3) is 22.6 Å². The van der Waals surface area contributed by atoms with Crippen LogP contribution in [-0.2, 0) is 6.18 Å². The Morgan fingerprint density at radius 1 is 1.04 bits per heavy atom. The number of hydrogen-bond acceptors (Lipinski definition) is 10. The quantitative estimate of drug-likeness (QED) is 0.210. The predicted molar refractivity (Wildman–Crippen MR) is 151 cm³/mol. The highest BCUT2D eigenvalue weighted by Crippen LogP contribution is 2.38. The predicted octanol–water partition coefficient (Wildman–Crippen LogP) is 5.00. The molecule has 1 aliphatic carbocycles. The average Bonchev–Trinajstić information content (AvgIpc) is 3.46. The van der Waals surface area contributed by atoms with E-state index in [0.29, 0.717) is 43.1 Å². The van der Waals surface area contributed by atoms with Gasteiger partial charge in [-0.15, -0.1) is 0 Å². The first-order valence-electron chi connectivity index (χ1n) is 13.5. The van der Waals surface area contributed by atoms with Gasteiger partial charge in [-0.1, -0.05) is 11.6 Å². The molecular weight excluding hydrogens is 629 g/mol. The zero-order chi connectivity index (χ0) is 32.1. The number of nitrogens with one attached hydrogen (secondary N) is 3. The lowest BCUT2D eigenvalue weighted by atomic mass is 9.90. The van der Waals surface area contributed by atoms with Crippen molar-refractivity contribution in [3.8, 4) is 28.7 Å². The van der Waals surface area contributed by atoms with Crippen LogP contribution in [0.3, 0.4) is 0 Å². The second-order valence-corrected chi connectivity index (χ2v) is 10.3. The number of alkyl halides is 5. The summed E-state index contributed by atoms with van der Waals surface area (Å²) in [6.45, 7) is -0.853. The SMILES string of the molecule is COc1ncc(-c2cnc(N(C(=O)NCC(F)F)[C@H]3CC[C@H](Nc4ncc(C(F)(F)F)c(-c5n[nH]cc5Cl)n4)CC3)cn2)cn1. The Kier molecular flexibility index (Phi) is 9.50. The molecule has 4 aromatic heterocycles. The maximum Gasteiger partial charge on any atom is 0.420 e. The molecule has 0 unspecified atom stereocenters. The van der Waals surface area contributed by atoms with Crippen LogP contribution >= 0.6 is 11.6 Å². The van der Waals surface area contributed by atoms with Gasteiger partial charge in [-0.25, -0.2) is 38.5 Å². The smallest absolute Gasteiger partial charge is 0.420 e. The summed E-state index contributed by atoms with van der Waals surface area (Å²) in [5, 5.41) is 11.4. The fraction of sp³-hybridized carbons (Fsp3) is 0.385. The molecule has 238 valence electrons. The summed E-state index contributed by atoms with van der Waals surface area (Å²) in [5.41, 5.74) is -0.796. The van der Waals surface area contributed by atoms with Crippen molar-refractivity contribution in [3.63, 3.8) is 0 Å². The van der Waals surface area contributed by atoms with E-state index in [0.717, 1.165) is 0 Å². The van der Waals surface area contributed by atoms with Crippen LogP contribution in [0.1, 0.15) is 31.2 Å². The van der Waals surface area contributed by atoms with E-state index in [-0.39, 0.29) is 34.5 Å². The molecule has 4 aromatic rings. The van der Waals surface area contributed by atoms with Crippen molar-refractivity contribution < 1.29 is 31.5 Å². The number of carbonyl (C=O) groups is 1. The largest absolute Gasteiger partial charge is 0.467 e. The molecule has 0 spiro atoms. The number of amides is 2. The third-order valence-corrected chi connectivity index (χ3v) is 7.21. The van der Waals surface area contributed by atoms with Crippen molar-refractivity contribution in [2.24, 2.45) is 0 Å². The van der Waals surface area contributed by atoms with Crippen molar-refractivity contribution in [1.82, 2.24) is 45.4 Å². The first-order chi connectivity index (χ1) is 21.5. The van der Waals surface area contributed by atoms with Gasteiger partial charge in [0.1, 0.15) is 17.0 Å².